The summed E-state index contributed by atoms with van der Waals surface area (Å²) < 4.78 is 0. The molecule has 0 aromatic heterocycles. The van der Waals surface area contributed by atoms with Gasteiger partial charge in [-0.25, -0.2) is 0 Å². The third kappa shape index (κ3) is 10.4. The smallest absolute Gasteiger partial charge is 0.0219 e. The number of hydrogen-bond acceptors (Lipinski definition) is 0. The molecule has 0 saturated heterocycles. The molecule has 106 valence electrons. The highest BCUT2D eigenvalue weighted by Crippen LogP contribution is 2.18. The Morgan fingerprint density at radius 2 is 0.778 bits per heavy atom. The second-order valence-corrected chi connectivity index (χ2v) is 5.39. The molecule has 0 amide bonds. The van der Waals surface area contributed by atoms with Gasteiger partial charge in [0, 0.05) is 0 Å². The highest BCUT2D eigenvalue weighted by molar-refractivity contribution is 5.26. The lowest BCUT2D eigenvalue weighted by atomic mass is 9.97. The third-order valence-corrected chi connectivity index (χ3v) is 2.27. The quantitative estimate of drug-likeness (QED) is 0.543. The Kier molecular flexibility index (Phi) is 13.8. The van der Waals surface area contributed by atoms with Gasteiger partial charge in [-0.05, 0) is 23.0 Å². The molecule has 0 bridgehead atoms. The van der Waals surface area contributed by atoms with Gasteiger partial charge >= 0.3 is 0 Å². The summed E-state index contributed by atoms with van der Waals surface area (Å²) in [6.45, 7) is 17.4. The molecule has 18 heavy (non-hydrogen) atoms. The summed E-state index contributed by atoms with van der Waals surface area (Å²) >= 11 is 0. The Labute approximate surface area is 116 Å². The molecular formula is C18H34. The van der Waals surface area contributed by atoms with E-state index in [-0.39, 0.29) is 0 Å². The maximum Gasteiger partial charge on any atom is -0.0219 e. The minimum Gasteiger partial charge on any atom is -0.0656 e. The second kappa shape index (κ2) is 12.7. The van der Waals surface area contributed by atoms with Gasteiger partial charge in [0.25, 0.3) is 0 Å². The molecule has 0 aliphatic heterocycles. The van der Waals surface area contributed by atoms with Crippen molar-refractivity contribution in [2.24, 2.45) is 0 Å². The molecular weight excluding hydrogens is 216 g/mol. The van der Waals surface area contributed by atoms with Crippen molar-refractivity contribution in [1.82, 2.24) is 0 Å². The van der Waals surface area contributed by atoms with Gasteiger partial charge in [-0.15, -0.1) is 0 Å². The number of rotatable bonds is 2. The van der Waals surface area contributed by atoms with Crippen molar-refractivity contribution < 1.29 is 0 Å². The Hall–Kier alpha value is -0.780. The van der Waals surface area contributed by atoms with E-state index in [2.05, 4.69) is 79.7 Å². The van der Waals surface area contributed by atoms with Gasteiger partial charge in [-0.1, -0.05) is 92.5 Å². The van der Waals surface area contributed by atoms with E-state index in [0.717, 1.165) is 0 Å². The molecule has 0 spiro atoms. The summed E-state index contributed by atoms with van der Waals surface area (Å²) in [6.07, 6.45) is 2.50. The van der Waals surface area contributed by atoms with Gasteiger partial charge in [0.2, 0.25) is 0 Å². The predicted octanol–water partition coefficient (Wildman–Crippen LogP) is 6.77. The normalized spacial score (nSPS) is 9.44. The van der Waals surface area contributed by atoms with Crippen molar-refractivity contribution in [2.45, 2.75) is 80.1 Å². The van der Waals surface area contributed by atoms with E-state index < -0.39 is 0 Å². The molecule has 0 aliphatic carbocycles. The standard InChI is InChI=1S/C12H18.2C3H8/c1-9(2)11-5-7-12(8-6-11)10(3)4;2*1-3-2/h5-10H,1-4H3;2*3H2,1-2H3. The van der Waals surface area contributed by atoms with Gasteiger partial charge < -0.3 is 0 Å². The molecule has 0 atom stereocenters. The van der Waals surface area contributed by atoms with Crippen LogP contribution < -0.4 is 0 Å². The molecule has 0 radical (unpaired) electrons. The maximum absolute atomic E-state index is 2.24. The second-order valence-electron chi connectivity index (χ2n) is 5.39. The largest absolute Gasteiger partial charge is 0.0656 e. The monoisotopic (exact) mass is 250 g/mol. The van der Waals surface area contributed by atoms with Gasteiger partial charge in [0.15, 0.2) is 0 Å². The average Bonchev–Trinajstić information content (AvgIpc) is 2.31. The summed E-state index contributed by atoms with van der Waals surface area (Å²) in [5.41, 5.74) is 2.86. The summed E-state index contributed by atoms with van der Waals surface area (Å²) in [7, 11) is 0. The SMILES string of the molecule is CC(C)c1ccc(C(C)C)cc1.CCC.CCC. The highest BCUT2D eigenvalue weighted by atomic mass is 14.1. The Balaban J connectivity index is 0. The summed E-state index contributed by atoms with van der Waals surface area (Å²) in [5.74, 6) is 1.29. The minimum atomic E-state index is 0.645. The van der Waals surface area contributed by atoms with Crippen LogP contribution in [0.2, 0.25) is 0 Å². The molecule has 0 fully saturated rings. The van der Waals surface area contributed by atoms with Crippen LogP contribution in [0.15, 0.2) is 24.3 Å². The number of benzene rings is 1. The first-order valence-corrected chi connectivity index (χ1v) is 7.54. The van der Waals surface area contributed by atoms with Crippen LogP contribution in [0.5, 0.6) is 0 Å². The van der Waals surface area contributed by atoms with Crippen LogP contribution in [-0.2, 0) is 0 Å². The van der Waals surface area contributed by atoms with Crippen LogP contribution in [0, 0.1) is 0 Å². The Bertz CT molecular complexity index is 225. The first-order valence-electron chi connectivity index (χ1n) is 7.54. The molecule has 1 aromatic rings. The zero-order valence-corrected chi connectivity index (χ0v) is 13.9. The fourth-order valence-electron chi connectivity index (χ4n) is 1.27. The predicted molar refractivity (Wildman–Crippen MR) is 86.6 cm³/mol. The van der Waals surface area contributed by atoms with Gasteiger partial charge in [0.05, 0.1) is 0 Å². The first-order chi connectivity index (χ1) is 8.44. The van der Waals surface area contributed by atoms with Gasteiger partial charge in [-0.2, -0.15) is 0 Å². The lowest BCUT2D eigenvalue weighted by Crippen LogP contribution is -1.90. The van der Waals surface area contributed by atoms with E-state index in [9.17, 15) is 0 Å². The Morgan fingerprint density at radius 1 is 0.611 bits per heavy atom. The highest BCUT2D eigenvalue weighted by Gasteiger charge is 2.00. The molecule has 0 N–H and O–H groups in total. The fourth-order valence-corrected chi connectivity index (χ4v) is 1.27. The minimum absolute atomic E-state index is 0.645. The maximum atomic E-state index is 2.24. The van der Waals surface area contributed by atoms with Crippen LogP contribution in [0.3, 0.4) is 0 Å². The zero-order valence-electron chi connectivity index (χ0n) is 13.9. The van der Waals surface area contributed by atoms with Crippen LogP contribution >= 0.6 is 0 Å². The van der Waals surface area contributed by atoms with Gasteiger partial charge in [-0.3, -0.25) is 0 Å². The molecule has 0 heterocycles. The van der Waals surface area contributed by atoms with E-state index in [1.165, 1.54) is 24.0 Å². The van der Waals surface area contributed by atoms with E-state index in [1.54, 1.807) is 0 Å². The fraction of sp³-hybridized carbons (Fsp3) is 0.667. The van der Waals surface area contributed by atoms with Crippen molar-refractivity contribution in [3.63, 3.8) is 0 Å². The first kappa shape index (κ1) is 19.6. The van der Waals surface area contributed by atoms with Crippen molar-refractivity contribution in [3.05, 3.63) is 35.4 Å². The zero-order chi connectivity index (χ0) is 14.6. The van der Waals surface area contributed by atoms with Crippen molar-refractivity contribution in [2.75, 3.05) is 0 Å². The van der Waals surface area contributed by atoms with Crippen LogP contribution in [-0.4, -0.2) is 0 Å². The topological polar surface area (TPSA) is 0 Å². The van der Waals surface area contributed by atoms with E-state index in [0.29, 0.717) is 11.8 Å². The summed E-state index contributed by atoms with van der Waals surface area (Å²) in [5, 5.41) is 0. The molecule has 0 unspecified atom stereocenters. The third-order valence-electron chi connectivity index (χ3n) is 2.27. The molecule has 1 aromatic carbocycles. The van der Waals surface area contributed by atoms with Crippen molar-refractivity contribution in [1.29, 1.82) is 0 Å². The van der Waals surface area contributed by atoms with E-state index in [1.807, 2.05) is 0 Å². The Morgan fingerprint density at radius 3 is 0.889 bits per heavy atom. The lowest BCUT2D eigenvalue weighted by Gasteiger charge is -2.08. The van der Waals surface area contributed by atoms with Crippen LogP contribution in [0.1, 0.15) is 91.2 Å². The molecule has 0 nitrogen and oxygen atoms in total. The molecule has 0 heteroatoms. The van der Waals surface area contributed by atoms with E-state index >= 15 is 0 Å². The average molecular weight is 250 g/mol. The number of hydrogen-bond donors (Lipinski definition) is 0. The summed E-state index contributed by atoms with van der Waals surface area (Å²) in [4.78, 5) is 0. The molecule has 0 saturated carbocycles. The van der Waals surface area contributed by atoms with Crippen molar-refractivity contribution >= 4 is 0 Å². The lowest BCUT2D eigenvalue weighted by molar-refractivity contribution is 0.845. The molecule has 0 aliphatic rings. The van der Waals surface area contributed by atoms with Crippen LogP contribution in [0.4, 0.5) is 0 Å². The summed E-state index contributed by atoms with van der Waals surface area (Å²) in [6, 6.07) is 8.94. The van der Waals surface area contributed by atoms with E-state index in [4.69, 9.17) is 0 Å². The van der Waals surface area contributed by atoms with Crippen molar-refractivity contribution in [3.8, 4) is 0 Å². The molecule has 1 rings (SSSR count). The van der Waals surface area contributed by atoms with Crippen LogP contribution in [0.25, 0.3) is 0 Å². The van der Waals surface area contributed by atoms with Gasteiger partial charge in [0.1, 0.15) is 0 Å².